The molecule has 1 saturated carbocycles. The van der Waals surface area contributed by atoms with Crippen LogP contribution in [0.2, 0.25) is 0 Å². The number of halogens is 3. The molecule has 2 aliphatic heterocycles. The number of rotatable bonds is 1. The fraction of sp³-hybridized carbons (Fsp3) is 0.400. The Morgan fingerprint density at radius 1 is 1.08 bits per heavy atom. The van der Waals surface area contributed by atoms with Crippen LogP contribution in [-0.4, -0.2) is 22.2 Å². The molecule has 2 heterocycles. The Balaban J connectivity index is 1.76. The predicted octanol–water partition coefficient (Wildman–Crippen LogP) is 4.87. The van der Waals surface area contributed by atoms with Gasteiger partial charge in [-0.05, 0) is 60.8 Å². The second-order valence-electron chi connectivity index (χ2n) is 7.24. The van der Waals surface area contributed by atoms with Gasteiger partial charge in [0.15, 0.2) is 0 Å². The van der Waals surface area contributed by atoms with Crippen molar-refractivity contribution in [2.45, 2.75) is 50.7 Å². The molecule has 0 aromatic heterocycles. The molecule has 1 aliphatic carbocycles. The van der Waals surface area contributed by atoms with Gasteiger partial charge in [-0.3, -0.25) is 4.79 Å². The van der Waals surface area contributed by atoms with Crippen LogP contribution in [0, 0.1) is 6.92 Å². The van der Waals surface area contributed by atoms with Crippen molar-refractivity contribution in [1.82, 2.24) is 4.90 Å². The summed E-state index contributed by atoms with van der Waals surface area (Å²) in [5.74, 6) is 0.457. The third kappa shape index (κ3) is 2.68. The summed E-state index contributed by atoms with van der Waals surface area (Å²) in [7, 11) is 0. The molecule has 1 spiro atoms. The van der Waals surface area contributed by atoms with Crippen molar-refractivity contribution in [3.05, 3.63) is 53.2 Å². The molecule has 0 saturated heterocycles. The molecular formula is C20H19F3N2O. The number of hydrogen-bond acceptors (Lipinski definition) is 2. The Morgan fingerprint density at radius 2 is 1.81 bits per heavy atom. The van der Waals surface area contributed by atoms with E-state index in [2.05, 4.69) is 4.99 Å². The summed E-state index contributed by atoms with van der Waals surface area (Å²) in [4.78, 5) is 18.6. The highest BCUT2D eigenvalue weighted by molar-refractivity contribution is 6.13. The van der Waals surface area contributed by atoms with E-state index in [1.165, 1.54) is 0 Å². The number of carbonyl (C=O) groups excluding carboxylic acids is 1. The zero-order chi connectivity index (χ0) is 18.5. The van der Waals surface area contributed by atoms with E-state index in [1.54, 1.807) is 31.3 Å². The number of hydrogen-bond donors (Lipinski definition) is 0. The average Bonchev–Trinajstić information content (AvgIpc) is 2.86. The number of aliphatic imine (C=N–C) groups is 1. The highest BCUT2D eigenvalue weighted by atomic mass is 19.4. The first-order valence-electron chi connectivity index (χ1n) is 8.81. The van der Waals surface area contributed by atoms with Crippen LogP contribution in [0.5, 0.6) is 0 Å². The number of amides is 1. The third-order valence-electron chi connectivity index (χ3n) is 5.42. The van der Waals surface area contributed by atoms with Crippen LogP contribution < -0.4 is 0 Å². The number of amidine groups is 1. The molecule has 0 N–H and O–H groups in total. The van der Waals surface area contributed by atoms with Crippen LogP contribution in [0.4, 0.5) is 13.2 Å². The molecule has 4 rings (SSSR count). The van der Waals surface area contributed by atoms with E-state index >= 15 is 0 Å². The predicted molar refractivity (Wildman–Crippen MR) is 93.4 cm³/mol. The number of allylic oxidation sites excluding steroid dienone is 2. The van der Waals surface area contributed by atoms with Gasteiger partial charge >= 0.3 is 6.18 Å². The van der Waals surface area contributed by atoms with Crippen molar-refractivity contribution >= 4 is 17.3 Å². The summed E-state index contributed by atoms with van der Waals surface area (Å²) in [5, 5.41) is 0. The van der Waals surface area contributed by atoms with Crippen LogP contribution >= 0.6 is 0 Å². The molecule has 0 unspecified atom stereocenters. The van der Waals surface area contributed by atoms with Gasteiger partial charge in [-0.25, -0.2) is 0 Å². The Morgan fingerprint density at radius 3 is 2.50 bits per heavy atom. The molecule has 26 heavy (non-hydrogen) atoms. The van der Waals surface area contributed by atoms with Gasteiger partial charge in [0.2, 0.25) is 0 Å². The van der Waals surface area contributed by atoms with Crippen molar-refractivity contribution in [3.8, 4) is 0 Å². The molecule has 136 valence electrons. The second kappa shape index (κ2) is 5.83. The summed E-state index contributed by atoms with van der Waals surface area (Å²) in [6, 6.07) is 4.04. The maximum Gasteiger partial charge on any atom is 0.416 e. The summed E-state index contributed by atoms with van der Waals surface area (Å²) in [6.07, 6.45) is 5.35. The fourth-order valence-corrected chi connectivity index (χ4v) is 4.11. The summed E-state index contributed by atoms with van der Waals surface area (Å²) < 4.78 is 39.5. The van der Waals surface area contributed by atoms with Crippen molar-refractivity contribution in [3.63, 3.8) is 0 Å². The lowest BCUT2D eigenvalue weighted by atomic mass is 9.80. The van der Waals surface area contributed by atoms with Crippen LogP contribution in [0.3, 0.4) is 0 Å². The summed E-state index contributed by atoms with van der Waals surface area (Å²) in [5.41, 5.74) is 0.399. The largest absolute Gasteiger partial charge is 0.416 e. The van der Waals surface area contributed by atoms with Crippen molar-refractivity contribution in [1.29, 1.82) is 0 Å². The minimum Gasteiger partial charge on any atom is -0.317 e. The van der Waals surface area contributed by atoms with E-state index in [0.717, 1.165) is 44.2 Å². The first-order valence-corrected chi connectivity index (χ1v) is 8.81. The normalized spacial score (nSPS) is 21.7. The van der Waals surface area contributed by atoms with Crippen molar-refractivity contribution < 1.29 is 18.0 Å². The van der Waals surface area contributed by atoms with Gasteiger partial charge < -0.3 is 4.90 Å². The SMILES string of the molecule is Cc1cc(C2=CN3C(=NC(=O)C34CCCCC4)C=C2)cc(C(F)(F)F)c1. The minimum absolute atomic E-state index is 0.130. The first-order chi connectivity index (χ1) is 12.3. The number of benzene rings is 1. The molecule has 3 nitrogen and oxygen atoms in total. The van der Waals surface area contributed by atoms with Gasteiger partial charge in [0.1, 0.15) is 11.4 Å². The Labute approximate surface area is 149 Å². The molecular weight excluding hydrogens is 341 g/mol. The van der Waals surface area contributed by atoms with E-state index < -0.39 is 17.3 Å². The van der Waals surface area contributed by atoms with Gasteiger partial charge in [-0.2, -0.15) is 18.2 Å². The van der Waals surface area contributed by atoms with E-state index in [-0.39, 0.29) is 5.91 Å². The molecule has 3 aliphatic rings. The highest BCUT2D eigenvalue weighted by Gasteiger charge is 2.50. The topological polar surface area (TPSA) is 32.7 Å². The van der Waals surface area contributed by atoms with Crippen molar-refractivity contribution in [2.24, 2.45) is 4.99 Å². The minimum atomic E-state index is -4.39. The summed E-state index contributed by atoms with van der Waals surface area (Å²) >= 11 is 0. The average molecular weight is 360 g/mol. The van der Waals surface area contributed by atoms with E-state index in [1.807, 2.05) is 4.90 Å². The standard InChI is InChI=1S/C20H19F3N2O/c1-13-9-15(11-16(10-13)20(21,22)23)14-5-6-17-24-18(26)19(25(17)12-14)7-3-2-4-8-19/h5-6,9-12H,2-4,7-8H2,1H3. The lowest BCUT2D eigenvalue weighted by Gasteiger charge is -2.40. The molecule has 1 aromatic rings. The molecule has 1 amide bonds. The van der Waals surface area contributed by atoms with Crippen molar-refractivity contribution in [2.75, 3.05) is 0 Å². The summed E-state index contributed by atoms with van der Waals surface area (Å²) in [6.45, 7) is 1.65. The van der Waals surface area contributed by atoms with Crippen LogP contribution in [0.1, 0.15) is 48.8 Å². The molecule has 0 radical (unpaired) electrons. The van der Waals surface area contributed by atoms with Crippen LogP contribution in [0.25, 0.3) is 5.57 Å². The molecule has 0 bridgehead atoms. The monoisotopic (exact) mass is 360 g/mol. The lowest BCUT2D eigenvalue weighted by Crippen LogP contribution is -2.50. The zero-order valence-corrected chi connectivity index (χ0v) is 14.4. The van der Waals surface area contributed by atoms with Gasteiger partial charge in [0.05, 0.1) is 5.56 Å². The van der Waals surface area contributed by atoms with Gasteiger partial charge in [0, 0.05) is 6.20 Å². The fourth-order valence-electron chi connectivity index (χ4n) is 4.11. The number of nitrogens with zero attached hydrogens (tertiary/aromatic N) is 2. The second-order valence-corrected chi connectivity index (χ2v) is 7.24. The van der Waals surface area contributed by atoms with Gasteiger partial charge in [0.25, 0.3) is 5.91 Å². The van der Waals surface area contributed by atoms with E-state index in [0.29, 0.717) is 22.5 Å². The Hall–Kier alpha value is -2.37. The van der Waals surface area contributed by atoms with Gasteiger partial charge in [-0.15, -0.1) is 0 Å². The number of alkyl halides is 3. The van der Waals surface area contributed by atoms with E-state index in [4.69, 9.17) is 0 Å². The highest BCUT2D eigenvalue weighted by Crippen LogP contribution is 2.41. The van der Waals surface area contributed by atoms with Crippen LogP contribution in [0.15, 0.2) is 41.5 Å². The lowest BCUT2D eigenvalue weighted by molar-refractivity contribution is -0.137. The quantitative estimate of drug-likeness (QED) is 0.716. The Kier molecular flexibility index (Phi) is 3.82. The molecule has 6 heteroatoms. The number of aryl methyl sites for hydroxylation is 1. The number of fused-ring (bicyclic) bond motifs is 2. The zero-order valence-electron chi connectivity index (χ0n) is 14.4. The maximum absolute atomic E-state index is 13.2. The van der Waals surface area contributed by atoms with E-state index in [9.17, 15) is 18.0 Å². The maximum atomic E-state index is 13.2. The first kappa shape index (κ1) is 17.1. The molecule has 1 fully saturated rings. The van der Waals surface area contributed by atoms with Crippen LogP contribution in [-0.2, 0) is 11.0 Å². The Bertz CT molecular complexity index is 858. The third-order valence-corrected chi connectivity index (χ3v) is 5.42. The smallest absolute Gasteiger partial charge is 0.317 e. The molecule has 0 atom stereocenters. The van der Waals surface area contributed by atoms with Gasteiger partial charge in [-0.1, -0.05) is 25.3 Å². The molecule has 1 aromatic carbocycles. The number of carbonyl (C=O) groups is 1.